The van der Waals surface area contributed by atoms with Gasteiger partial charge >= 0.3 is 0 Å². The lowest BCUT2D eigenvalue weighted by molar-refractivity contribution is 0.149. The summed E-state index contributed by atoms with van der Waals surface area (Å²) in [6, 6.07) is 0. The molecule has 0 saturated carbocycles. The third-order valence-corrected chi connectivity index (χ3v) is 2.30. The molecule has 1 heteroatoms. The molecule has 0 radical (unpaired) electrons. The van der Waals surface area contributed by atoms with Crippen molar-refractivity contribution in [2.24, 2.45) is 5.92 Å². The van der Waals surface area contributed by atoms with E-state index < -0.39 is 0 Å². The number of hydrogen-bond donors (Lipinski definition) is 1. The lowest BCUT2D eigenvalue weighted by atomic mass is 9.94. The molecule has 1 nitrogen and oxygen atoms in total. The van der Waals surface area contributed by atoms with Crippen molar-refractivity contribution in [2.45, 2.75) is 53.6 Å². The van der Waals surface area contributed by atoms with Gasteiger partial charge in [0.1, 0.15) is 0 Å². The highest BCUT2D eigenvalue weighted by Gasteiger charge is 2.11. The Morgan fingerprint density at radius 2 is 1.71 bits per heavy atom. The summed E-state index contributed by atoms with van der Waals surface area (Å²) in [4.78, 5) is 0. The van der Waals surface area contributed by atoms with Crippen molar-refractivity contribution >= 4 is 0 Å². The van der Waals surface area contributed by atoms with Crippen molar-refractivity contribution in [2.75, 3.05) is 0 Å². The minimum Gasteiger partial charge on any atom is -0.393 e. The van der Waals surface area contributed by atoms with Crippen LogP contribution in [0.15, 0.2) is 23.3 Å². The molecule has 14 heavy (non-hydrogen) atoms. The summed E-state index contributed by atoms with van der Waals surface area (Å²) < 4.78 is 0. The highest BCUT2D eigenvalue weighted by molar-refractivity contribution is 5.30. The molecule has 1 N–H and O–H groups in total. The van der Waals surface area contributed by atoms with E-state index in [1.54, 1.807) is 0 Å². The standard InChI is InChI=1S/C13H24O/c1-9(2)7-12(14)8-13(10(3)4)11(5)6/h9,12,14H,3,7-8H2,1-2,4-6H3. The fraction of sp³-hybridized carbons (Fsp3) is 0.692. The van der Waals surface area contributed by atoms with Gasteiger partial charge in [0.2, 0.25) is 0 Å². The maximum Gasteiger partial charge on any atom is 0.0583 e. The van der Waals surface area contributed by atoms with Crippen LogP contribution < -0.4 is 0 Å². The maximum atomic E-state index is 9.81. The fourth-order valence-electron chi connectivity index (χ4n) is 1.67. The number of allylic oxidation sites excluding steroid dienone is 2. The van der Waals surface area contributed by atoms with Crippen molar-refractivity contribution in [3.8, 4) is 0 Å². The number of hydrogen-bond acceptors (Lipinski definition) is 1. The Kier molecular flexibility index (Phi) is 5.78. The van der Waals surface area contributed by atoms with E-state index in [1.807, 2.05) is 6.92 Å². The number of aliphatic hydroxyl groups is 1. The summed E-state index contributed by atoms with van der Waals surface area (Å²) in [5.74, 6) is 0.550. The average molecular weight is 196 g/mol. The molecule has 1 atom stereocenters. The van der Waals surface area contributed by atoms with Crippen molar-refractivity contribution < 1.29 is 5.11 Å². The normalized spacial score (nSPS) is 12.8. The Balaban J connectivity index is 4.33. The molecule has 0 aliphatic rings. The summed E-state index contributed by atoms with van der Waals surface area (Å²) >= 11 is 0. The van der Waals surface area contributed by atoms with Crippen molar-refractivity contribution in [3.05, 3.63) is 23.3 Å². The highest BCUT2D eigenvalue weighted by atomic mass is 16.3. The SMILES string of the molecule is C=C(C)C(CC(O)CC(C)C)=C(C)C. The zero-order valence-corrected chi connectivity index (χ0v) is 10.2. The van der Waals surface area contributed by atoms with Crippen LogP contribution in [0.3, 0.4) is 0 Å². The van der Waals surface area contributed by atoms with Gasteiger partial charge in [0, 0.05) is 0 Å². The minimum absolute atomic E-state index is 0.225. The molecular formula is C13H24O. The lowest BCUT2D eigenvalue weighted by Gasteiger charge is -2.16. The molecule has 0 aromatic carbocycles. The molecule has 0 bridgehead atoms. The maximum absolute atomic E-state index is 9.81. The molecule has 1 unspecified atom stereocenters. The fourth-order valence-corrected chi connectivity index (χ4v) is 1.67. The van der Waals surface area contributed by atoms with Crippen LogP contribution in [0.4, 0.5) is 0 Å². The van der Waals surface area contributed by atoms with Gasteiger partial charge in [-0.25, -0.2) is 0 Å². The Morgan fingerprint density at radius 1 is 1.21 bits per heavy atom. The first-order valence-corrected chi connectivity index (χ1v) is 5.34. The highest BCUT2D eigenvalue weighted by Crippen LogP contribution is 2.21. The summed E-state index contributed by atoms with van der Waals surface area (Å²) in [6.45, 7) is 14.4. The first-order valence-electron chi connectivity index (χ1n) is 5.34. The smallest absolute Gasteiger partial charge is 0.0583 e. The van der Waals surface area contributed by atoms with Crippen LogP contribution in [0, 0.1) is 5.92 Å². The van der Waals surface area contributed by atoms with Gasteiger partial charge in [0.25, 0.3) is 0 Å². The molecular weight excluding hydrogens is 172 g/mol. The van der Waals surface area contributed by atoms with Gasteiger partial charge in [0.15, 0.2) is 0 Å². The van der Waals surface area contributed by atoms with E-state index in [0.29, 0.717) is 5.92 Å². The molecule has 82 valence electrons. The zero-order valence-electron chi connectivity index (χ0n) is 10.2. The summed E-state index contributed by atoms with van der Waals surface area (Å²) in [6.07, 6.45) is 1.39. The second kappa shape index (κ2) is 6.02. The van der Waals surface area contributed by atoms with Crippen LogP contribution in [0.25, 0.3) is 0 Å². The van der Waals surface area contributed by atoms with E-state index in [0.717, 1.165) is 18.4 Å². The van der Waals surface area contributed by atoms with E-state index in [2.05, 4.69) is 34.3 Å². The van der Waals surface area contributed by atoms with E-state index in [-0.39, 0.29) is 6.10 Å². The van der Waals surface area contributed by atoms with Crippen LogP contribution in [0.2, 0.25) is 0 Å². The van der Waals surface area contributed by atoms with Crippen LogP contribution in [-0.2, 0) is 0 Å². The molecule has 0 aromatic rings. The predicted octanol–water partition coefficient (Wildman–Crippen LogP) is 3.70. The second-order valence-electron chi connectivity index (χ2n) is 4.75. The predicted molar refractivity (Wildman–Crippen MR) is 63.3 cm³/mol. The third-order valence-electron chi connectivity index (χ3n) is 2.30. The van der Waals surface area contributed by atoms with E-state index in [9.17, 15) is 5.11 Å². The van der Waals surface area contributed by atoms with E-state index in [1.165, 1.54) is 11.1 Å². The van der Waals surface area contributed by atoms with Gasteiger partial charge in [-0.15, -0.1) is 0 Å². The van der Waals surface area contributed by atoms with Gasteiger partial charge < -0.3 is 5.11 Å². The number of rotatable bonds is 5. The second-order valence-corrected chi connectivity index (χ2v) is 4.75. The molecule has 0 fully saturated rings. The zero-order chi connectivity index (χ0) is 11.3. The summed E-state index contributed by atoms with van der Waals surface area (Å²) in [5, 5.41) is 9.81. The van der Waals surface area contributed by atoms with Gasteiger partial charge in [-0.3, -0.25) is 0 Å². The summed E-state index contributed by atoms with van der Waals surface area (Å²) in [5.41, 5.74) is 3.56. The Hall–Kier alpha value is -0.560. The molecule has 0 aliphatic carbocycles. The molecule has 0 spiro atoms. The van der Waals surface area contributed by atoms with Crippen molar-refractivity contribution in [3.63, 3.8) is 0 Å². The molecule has 0 saturated heterocycles. The molecule has 0 amide bonds. The van der Waals surface area contributed by atoms with Gasteiger partial charge in [-0.2, -0.15) is 0 Å². The largest absolute Gasteiger partial charge is 0.393 e. The topological polar surface area (TPSA) is 20.2 Å². The monoisotopic (exact) mass is 196 g/mol. The number of aliphatic hydroxyl groups excluding tert-OH is 1. The third kappa shape index (κ3) is 5.23. The minimum atomic E-state index is -0.225. The van der Waals surface area contributed by atoms with Gasteiger partial charge in [-0.1, -0.05) is 31.6 Å². The van der Waals surface area contributed by atoms with Crippen LogP contribution in [-0.4, -0.2) is 11.2 Å². The Morgan fingerprint density at radius 3 is 2.00 bits per heavy atom. The van der Waals surface area contributed by atoms with E-state index >= 15 is 0 Å². The Bertz CT molecular complexity index is 219. The average Bonchev–Trinajstić information content (AvgIpc) is 1.97. The van der Waals surface area contributed by atoms with Gasteiger partial charge in [0.05, 0.1) is 6.10 Å². The Labute approximate surface area is 88.5 Å². The quantitative estimate of drug-likeness (QED) is 0.665. The molecule has 0 aromatic heterocycles. The van der Waals surface area contributed by atoms with E-state index in [4.69, 9.17) is 0 Å². The molecule has 0 heterocycles. The summed E-state index contributed by atoms with van der Waals surface area (Å²) in [7, 11) is 0. The first kappa shape index (κ1) is 13.4. The molecule has 0 aliphatic heterocycles. The van der Waals surface area contributed by atoms with Crippen LogP contribution in [0.5, 0.6) is 0 Å². The molecule has 0 rings (SSSR count). The van der Waals surface area contributed by atoms with Crippen LogP contribution >= 0.6 is 0 Å². The lowest BCUT2D eigenvalue weighted by Crippen LogP contribution is -2.12. The van der Waals surface area contributed by atoms with Crippen molar-refractivity contribution in [1.82, 2.24) is 0 Å². The first-order chi connectivity index (χ1) is 6.34. The van der Waals surface area contributed by atoms with Gasteiger partial charge in [-0.05, 0) is 45.1 Å². The van der Waals surface area contributed by atoms with Crippen molar-refractivity contribution in [1.29, 1.82) is 0 Å². The van der Waals surface area contributed by atoms with Crippen LogP contribution in [0.1, 0.15) is 47.5 Å².